The molecule has 0 aliphatic carbocycles. The van der Waals surface area contributed by atoms with E-state index in [1.165, 1.54) is 6.07 Å². The van der Waals surface area contributed by atoms with Crippen LogP contribution in [0.25, 0.3) is 16.8 Å². The Hall–Kier alpha value is -2.69. The van der Waals surface area contributed by atoms with E-state index >= 15 is 0 Å². The lowest BCUT2D eigenvalue weighted by atomic mass is 10.0. The van der Waals surface area contributed by atoms with Crippen molar-refractivity contribution in [3.63, 3.8) is 0 Å². The minimum Gasteiger partial charge on any atom is -0.477 e. The molecule has 0 radical (unpaired) electrons. The number of hydrogen-bond acceptors (Lipinski definition) is 3. The van der Waals surface area contributed by atoms with Crippen molar-refractivity contribution in [3.05, 3.63) is 53.5 Å². The van der Waals surface area contributed by atoms with Gasteiger partial charge in [-0.2, -0.15) is 5.10 Å². The Morgan fingerprint density at radius 1 is 1.29 bits per heavy atom. The fraction of sp³-hybridized carbons (Fsp3) is 0.188. The van der Waals surface area contributed by atoms with E-state index in [-0.39, 0.29) is 5.69 Å². The van der Waals surface area contributed by atoms with E-state index in [9.17, 15) is 9.90 Å². The molecule has 2 aromatic heterocycles. The van der Waals surface area contributed by atoms with Crippen molar-refractivity contribution in [1.82, 2.24) is 14.6 Å². The van der Waals surface area contributed by atoms with Crippen LogP contribution < -0.4 is 0 Å². The van der Waals surface area contributed by atoms with Crippen molar-refractivity contribution >= 4 is 11.6 Å². The van der Waals surface area contributed by atoms with Crippen LogP contribution in [0, 0.1) is 6.92 Å². The molecular weight excluding hydrogens is 266 g/mol. The molecule has 21 heavy (non-hydrogen) atoms. The molecule has 0 spiro atoms. The first-order valence-corrected chi connectivity index (χ1v) is 6.79. The third-order valence-electron chi connectivity index (χ3n) is 3.46. The van der Waals surface area contributed by atoms with Gasteiger partial charge in [-0.3, -0.25) is 0 Å². The zero-order chi connectivity index (χ0) is 15.0. The first-order chi connectivity index (χ1) is 10.1. The summed E-state index contributed by atoms with van der Waals surface area (Å²) in [6, 6.07) is 11.4. The number of aromatic nitrogens is 3. The van der Waals surface area contributed by atoms with Crippen LogP contribution in [0.15, 0.2) is 36.4 Å². The Bertz CT molecular complexity index is 822. The summed E-state index contributed by atoms with van der Waals surface area (Å²) >= 11 is 0. The molecule has 3 aromatic rings. The first-order valence-electron chi connectivity index (χ1n) is 6.79. The van der Waals surface area contributed by atoms with E-state index in [1.807, 2.05) is 44.2 Å². The summed E-state index contributed by atoms with van der Waals surface area (Å²) in [6.45, 7) is 3.87. The number of aryl methyl sites for hydroxylation is 2. The van der Waals surface area contributed by atoms with Crippen LogP contribution in [-0.4, -0.2) is 25.7 Å². The summed E-state index contributed by atoms with van der Waals surface area (Å²) in [4.78, 5) is 15.5. The Morgan fingerprint density at radius 2 is 2.00 bits per heavy atom. The van der Waals surface area contributed by atoms with Crippen molar-refractivity contribution in [2.24, 2.45) is 0 Å². The van der Waals surface area contributed by atoms with Crippen molar-refractivity contribution in [3.8, 4) is 11.1 Å². The predicted molar refractivity (Wildman–Crippen MR) is 79.5 cm³/mol. The SMILES string of the molecule is CCc1nn2c(C)cc(C(=O)O)nc2c1-c1ccccc1. The second-order valence-electron chi connectivity index (χ2n) is 4.86. The second kappa shape index (κ2) is 5.01. The van der Waals surface area contributed by atoms with Crippen LogP contribution in [0.2, 0.25) is 0 Å². The molecule has 3 rings (SSSR count). The highest BCUT2D eigenvalue weighted by Gasteiger charge is 2.18. The zero-order valence-electron chi connectivity index (χ0n) is 11.9. The molecule has 0 fully saturated rings. The molecule has 5 heteroatoms. The number of rotatable bonds is 3. The molecule has 0 amide bonds. The highest BCUT2D eigenvalue weighted by atomic mass is 16.4. The van der Waals surface area contributed by atoms with E-state index in [2.05, 4.69) is 10.1 Å². The summed E-state index contributed by atoms with van der Waals surface area (Å²) in [5.74, 6) is -1.03. The molecule has 0 aliphatic rings. The molecule has 0 unspecified atom stereocenters. The maximum atomic E-state index is 11.2. The summed E-state index contributed by atoms with van der Waals surface area (Å²) in [6.07, 6.45) is 0.759. The average molecular weight is 281 g/mol. The molecule has 5 nitrogen and oxygen atoms in total. The number of carbonyl (C=O) groups is 1. The average Bonchev–Trinajstić information content (AvgIpc) is 2.87. The first kappa shape index (κ1) is 13.3. The maximum Gasteiger partial charge on any atom is 0.354 e. The highest BCUT2D eigenvalue weighted by molar-refractivity contribution is 5.88. The number of aromatic carboxylic acids is 1. The molecule has 0 atom stereocenters. The van der Waals surface area contributed by atoms with Crippen LogP contribution in [-0.2, 0) is 6.42 Å². The van der Waals surface area contributed by atoms with Gasteiger partial charge in [-0.1, -0.05) is 37.3 Å². The van der Waals surface area contributed by atoms with Crippen molar-refractivity contribution in [2.45, 2.75) is 20.3 Å². The summed E-state index contributed by atoms with van der Waals surface area (Å²) in [5.41, 5.74) is 4.21. The van der Waals surface area contributed by atoms with E-state index in [0.29, 0.717) is 5.65 Å². The molecule has 0 bridgehead atoms. The molecule has 0 saturated heterocycles. The molecule has 106 valence electrons. The summed E-state index contributed by atoms with van der Waals surface area (Å²) in [7, 11) is 0. The van der Waals surface area contributed by atoms with E-state index in [4.69, 9.17) is 0 Å². The van der Waals surface area contributed by atoms with Gasteiger partial charge >= 0.3 is 5.97 Å². The smallest absolute Gasteiger partial charge is 0.354 e. The lowest BCUT2D eigenvalue weighted by molar-refractivity contribution is 0.0690. The van der Waals surface area contributed by atoms with E-state index in [1.54, 1.807) is 4.52 Å². The van der Waals surface area contributed by atoms with Gasteiger partial charge in [0, 0.05) is 11.3 Å². The van der Waals surface area contributed by atoms with Gasteiger partial charge in [-0.25, -0.2) is 14.3 Å². The number of nitrogens with zero attached hydrogens (tertiary/aromatic N) is 3. The lowest BCUT2D eigenvalue weighted by Gasteiger charge is -2.03. The minimum atomic E-state index is -1.03. The van der Waals surface area contributed by atoms with Gasteiger partial charge in [0.15, 0.2) is 11.3 Å². The molecule has 1 aromatic carbocycles. The second-order valence-corrected chi connectivity index (χ2v) is 4.86. The number of carboxylic acid groups (broad SMARTS) is 1. The van der Waals surface area contributed by atoms with Gasteiger partial charge in [0.25, 0.3) is 0 Å². The molecule has 2 heterocycles. The predicted octanol–water partition coefficient (Wildman–Crippen LogP) is 2.97. The van der Waals surface area contributed by atoms with Crippen LogP contribution >= 0.6 is 0 Å². The van der Waals surface area contributed by atoms with Crippen LogP contribution in [0.4, 0.5) is 0 Å². The Morgan fingerprint density at radius 3 is 2.62 bits per heavy atom. The fourth-order valence-electron chi connectivity index (χ4n) is 2.47. The van der Waals surface area contributed by atoms with Crippen LogP contribution in [0.1, 0.15) is 28.8 Å². The summed E-state index contributed by atoms with van der Waals surface area (Å²) in [5, 5.41) is 13.8. The highest BCUT2D eigenvalue weighted by Crippen LogP contribution is 2.28. The van der Waals surface area contributed by atoms with Crippen LogP contribution in [0.3, 0.4) is 0 Å². The van der Waals surface area contributed by atoms with Gasteiger partial charge < -0.3 is 5.11 Å². The standard InChI is InChI=1S/C16H15N3O2/c1-3-12-14(11-7-5-4-6-8-11)15-17-13(16(20)21)9-10(2)19(15)18-12/h4-9H,3H2,1-2H3,(H,20,21). The Kier molecular flexibility index (Phi) is 3.17. The maximum absolute atomic E-state index is 11.2. The molecule has 0 aliphatic heterocycles. The Labute approximate surface area is 121 Å². The van der Waals surface area contributed by atoms with Gasteiger partial charge in [-0.05, 0) is 25.0 Å². The zero-order valence-corrected chi connectivity index (χ0v) is 11.9. The number of fused-ring (bicyclic) bond motifs is 1. The number of benzene rings is 1. The summed E-state index contributed by atoms with van der Waals surface area (Å²) < 4.78 is 1.72. The number of hydrogen-bond donors (Lipinski definition) is 1. The monoisotopic (exact) mass is 281 g/mol. The quantitative estimate of drug-likeness (QED) is 0.801. The van der Waals surface area contributed by atoms with Gasteiger partial charge in [-0.15, -0.1) is 0 Å². The van der Waals surface area contributed by atoms with Gasteiger partial charge in [0.1, 0.15) is 0 Å². The third-order valence-corrected chi connectivity index (χ3v) is 3.46. The largest absolute Gasteiger partial charge is 0.477 e. The van der Waals surface area contributed by atoms with Gasteiger partial charge in [0.2, 0.25) is 0 Å². The number of carboxylic acids is 1. The lowest BCUT2D eigenvalue weighted by Crippen LogP contribution is -2.05. The fourth-order valence-corrected chi connectivity index (χ4v) is 2.47. The van der Waals surface area contributed by atoms with Crippen molar-refractivity contribution in [2.75, 3.05) is 0 Å². The Balaban J connectivity index is 2.38. The van der Waals surface area contributed by atoms with E-state index in [0.717, 1.165) is 28.9 Å². The molecular formula is C16H15N3O2. The normalized spacial score (nSPS) is 11.0. The van der Waals surface area contributed by atoms with Gasteiger partial charge in [0.05, 0.1) is 5.69 Å². The van der Waals surface area contributed by atoms with Crippen molar-refractivity contribution in [1.29, 1.82) is 0 Å². The van der Waals surface area contributed by atoms with Crippen molar-refractivity contribution < 1.29 is 9.90 Å². The van der Waals surface area contributed by atoms with E-state index < -0.39 is 5.97 Å². The van der Waals surface area contributed by atoms with Crippen LogP contribution in [0.5, 0.6) is 0 Å². The molecule has 1 N–H and O–H groups in total. The minimum absolute atomic E-state index is 0.0414. The topological polar surface area (TPSA) is 67.5 Å². The third kappa shape index (κ3) is 2.16. The molecule has 0 saturated carbocycles.